The maximum atomic E-state index is 13.2. The molecule has 0 amide bonds. The molecule has 2 N–H and O–H groups in total. The average molecular weight is 356 g/mol. The molecular weight excluding hydrogens is 331 g/mol. The zero-order chi connectivity index (χ0) is 19.2. The van der Waals surface area contributed by atoms with Crippen LogP contribution in [-0.4, -0.2) is 29.2 Å². The number of aliphatic hydroxyl groups excluding tert-OH is 1. The van der Waals surface area contributed by atoms with Gasteiger partial charge >= 0.3 is 0 Å². The normalized spacial score (nSPS) is 13.4. The van der Waals surface area contributed by atoms with Gasteiger partial charge in [-0.3, -0.25) is 4.90 Å². The maximum absolute atomic E-state index is 13.2. The minimum Gasteiger partial charge on any atom is -0.392 e. The number of hydrogen-bond donors (Lipinski definition) is 2. The fourth-order valence-electron chi connectivity index (χ4n) is 3.12. The third-order valence-corrected chi connectivity index (χ3v) is 4.77. The van der Waals surface area contributed by atoms with Crippen molar-refractivity contribution in [1.82, 2.24) is 4.90 Å². The minimum absolute atomic E-state index is 0.0952. The van der Waals surface area contributed by atoms with E-state index in [1.807, 2.05) is 6.07 Å². The number of nitriles is 1. The summed E-state index contributed by atoms with van der Waals surface area (Å²) in [6.45, 7) is -0.0952. The monoisotopic (exact) mass is 356 g/mol. The van der Waals surface area contributed by atoms with Crippen LogP contribution in [0.5, 0.6) is 0 Å². The zero-order valence-corrected chi connectivity index (χ0v) is 15.2. The number of halogens is 1. The average Bonchev–Trinajstić information content (AvgIpc) is 2.65. The van der Waals surface area contributed by atoms with Crippen molar-refractivity contribution in [2.45, 2.75) is 38.0 Å². The molecule has 0 fully saturated rings. The van der Waals surface area contributed by atoms with Gasteiger partial charge in [0, 0.05) is 0 Å². The van der Waals surface area contributed by atoms with Gasteiger partial charge in [-0.25, -0.2) is 4.39 Å². The van der Waals surface area contributed by atoms with Gasteiger partial charge < -0.3 is 10.2 Å². The van der Waals surface area contributed by atoms with Gasteiger partial charge in [0.25, 0.3) is 0 Å². The third kappa shape index (κ3) is 4.67. The fourth-order valence-corrected chi connectivity index (χ4v) is 3.12. The van der Waals surface area contributed by atoms with Crippen LogP contribution in [0.3, 0.4) is 0 Å². The molecular formula is C21H25FN2O2. The lowest BCUT2D eigenvalue weighted by molar-refractivity contribution is -0.0975. The van der Waals surface area contributed by atoms with E-state index in [1.54, 1.807) is 43.3 Å². The van der Waals surface area contributed by atoms with Gasteiger partial charge in [0.2, 0.25) is 0 Å². The summed E-state index contributed by atoms with van der Waals surface area (Å²) in [5.41, 5.74) is 1.83. The lowest BCUT2D eigenvalue weighted by Gasteiger charge is -2.35. The Balaban J connectivity index is 2.01. The predicted octanol–water partition coefficient (Wildman–Crippen LogP) is 3.31. The topological polar surface area (TPSA) is 67.5 Å². The molecule has 0 saturated carbocycles. The van der Waals surface area contributed by atoms with Gasteiger partial charge in [-0.05, 0) is 80.7 Å². The lowest BCUT2D eigenvalue weighted by Crippen LogP contribution is -2.41. The van der Waals surface area contributed by atoms with Crippen LogP contribution >= 0.6 is 0 Å². The molecule has 1 atom stereocenters. The molecule has 0 bridgehead atoms. The highest BCUT2D eigenvalue weighted by Crippen LogP contribution is 2.30. The maximum Gasteiger partial charge on any atom is 0.144 e. The molecule has 138 valence electrons. The van der Waals surface area contributed by atoms with Crippen LogP contribution < -0.4 is 0 Å². The number of rotatable bonds is 8. The minimum atomic E-state index is -1.15. The molecule has 4 nitrogen and oxygen atoms in total. The van der Waals surface area contributed by atoms with Crippen molar-refractivity contribution in [3.05, 3.63) is 70.5 Å². The Hall–Kier alpha value is -2.26. The van der Waals surface area contributed by atoms with Crippen molar-refractivity contribution >= 4 is 0 Å². The van der Waals surface area contributed by atoms with Gasteiger partial charge in [-0.15, -0.1) is 0 Å². The first-order valence-corrected chi connectivity index (χ1v) is 8.69. The third-order valence-electron chi connectivity index (χ3n) is 4.77. The Kier molecular flexibility index (Phi) is 6.87. The molecule has 1 unspecified atom stereocenters. The fraction of sp³-hybridized carbons (Fsp3) is 0.381. The number of benzene rings is 2. The largest absolute Gasteiger partial charge is 0.392 e. The summed E-state index contributed by atoms with van der Waals surface area (Å²) in [6.07, 6.45) is 2.86. The van der Waals surface area contributed by atoms with Crippen LogP contribution in [0, 0.1) is 17.1 Å². The van der Waals surface area contributed by atoms with E-state index < -0.39 is 5.72 Å². The van der Waals surface area contributed by atoms with Crippen LogP contribution in [0.2, 0.25) is 0 Å². The van der Waals surface area contributed by atoms with E-state index >= 15 is 0 Å². The second kappa shape index (κ2) is 8.91. The van der Waals surface area contributed by atoms with Gasteiger partial charge in [0.15, 0.2) is 0 Å². The van der Waals surface area contributed by atoms with Gasteiger partial charge in [-0.1, -0.05) is 18.2 Å². The second-order valence-electron chi connectivity index (χ2n) is 6.68. The molecule has 2 rings (SSSR count). The lowest BCUT2D eigenvalue weighted by atomic mass is 9.93. The molecule has 5 heteroatoms. The first-order chi connectivity index (χ1) is 12.4. The van der Waals surface area contributed by atoms with Crippen molar-refractivity contribution in [2.75, 3.05) is 14.1 Å². The van der Waals surface area contributed by atoms with Gasteiger partial charge in [0.05, 0.1) is 18.2 Å². The first-order valence-electron chi connectivity index (χ1n) is 8.69. The summed E-state index contributed by atoms with van der Waals surface area (Å²) in [7, 11) is 3.60. The van der Waals surface area contributed by atoms with Crippen molar-refractivity contribution in [1.29, 1.82) is 5.26 Å². The van der Waals surface area contributed by atoms with Crippen LogP contribution in [0.25, 0.3) is 0 Å². The number of aryl methyl sites for hydroxylation is 1. The predicted molar refractivity (Wildman–Crippen MR) is 98.6 cm³/mol. The Bertz CT molecular complexity index is 769. The highest BCUT2D eigenvalue weighted by molar-refractivity contribution is 5.38. The Labute approximate surface area is 154 Å². The van der Waals surface area contributed by atoms with Gasteiger partial charge in [0.1, 0.15) is 11.5 Å². The highest BCUT2D eigenvalue weighted by Gasteiger charge is 2.31. The molecule has 0 saturated heterocycles. The zero-order valence-electron chi connectivity index (χ0n) is 15.2. The van der Waals surface area contributed by atoms with E-state index in [1.165, 1.54) is 12.1 Å². The number of hydrogen-bond acceptors (Lipinski definition) is 4. The molecule has 0 aliphatic heterocycles. The smallest absolute Gasteiger partial charge is 0.144 e. The van der Waals surface area contributed by atoms with Crippen molar-refractivity contribution in [2.24, 2.45) is 0 Å². The van der Waals surface area contributed by atoms with E-state index in [4.69, 9.17) is 5.26 Å². The van der Waals surface area contributed by atoms with Crippen LogP contribution in [-0.2, 0) is 18.8 Å². The van der Waals surface area contributed by atoms with Crippen LogP contribution in [0.4, 0.5) is 4.39 Å². The molecule has 0 radical (unpaired) electrons. The van der Waals surface area contributed by atoms with Crippen molar-refractivity contribution < 1.29 is 14.6 Å². The van der Waals surface area contributed by atoms with E-state index in [-0.39, 0.29) is 12.4 Å². The highest BCUT2D eigenvalue weighted by atomic mass is 19.1. The molecule has 0 aliphatic carbocycles. The molecule has 0 aliphatic rings. The number of aliphatic hydroxyl groups is 2. The molecule has 2 aromatic rings. The van der Waals surface area contributed by atoms with E-state index in [9.17, 15) is 14.6 Å². The molecule has 0 spiro atoms. The van der Waals surface area contributed by atoms with Crippen LogP contribution in [0.15, 0.2) is 42.5 Å². The van der Waals surface area contributed by atoms with E-state index in [2.05, 4.69) is 6.07 Å². The van der Waals surface area contributed by atoms with Crippen LogP contribution in [0.1, 0.15) is 41.5 Å². The summed E-state index contributed by atoms with van der Waals surface area (Å²) < 4.78 is 13.2. The van der Waals surface area contributed by atoms with Crippen molar-refractivity contribution in [3.8, 4) is 6.07 Å². The molecule has 0 heterocycles. The summed E-state index contributed by atoms with van der Waals surface area (Å²) >= 11 is 0. The Morgan fingerprint density at radius 3 is 2.35 bits per heavy atom. The molecule has 0 aromatic heterocycles. The van der Waals surface area contributed by atoms with E-state index in [0.717, 1.165) is 30.4 Å². The van der Waals surface area contributed by atoms with E-state index in [0.29, 0.717) is 17.5 Å². The Morgan fingerprint density at radius 2 is 1.77 bits per heavy atom. The SMILES string of the molecule is CN(C)C(O)(CCCCc1ccc(C#N)cc1CO)c1ccc(F)cc1. The quantitative estimate of drug-likeness (QED) is 0.562. The number of unbranched alkanes of at least 4 members (excludes halogenated alkanes) is 1. The summed E-state index contributed by atoms with van der Waals surface area (Å²) in [5, 5.41) is 29.5. The Morgan fingerprint density at radius 1 is 1.08 bits per heavy atom. The molecule has 2 aromatic carbocycles. The summed E-state index contributed by atoms with van der Waals surface area (Å²) in [5.74, 6) is -0.327. The summed E-state index contributed by atoms with van der Waals surface area (Å²) in [6, 6.07) is 13.3. The molecule has 26 heavy (non-hydrogen) atoms. The van der Waals surface area contributed by atoms with Crippen molar-refractivity contribution in [3.63, 3.8) is 0 Å². The van der Waals surface area contributed by atoms with Gasteiger partial charge in [-0.2, -0.15) is 5.26 Å². The first kappa shape index (κ1) is 20.1. The standard InChI is InChI=1S/C21H25FN2O2/c1-24(2)21(26,19-8-10-20(22)11-9-19)12-4-3-5-17-7-6-16(14-23)13-18(17)15-25/h6-11,13,25-26H,3-5,12,15H2,1-2H3. The summed E-state index contributed by atoms with van der Waals surface area (Å²) in [4.78, 5) is 1.74. The number of nitrogens with zero attached hydrogens (tertiary/aromatic N) is 2. The second-order valence-corrected chi connectivity index (χ2v) is 6.68.